The van der Waals surface area contributed by atoms with Gasteiger partial charge in [0.25, 0.3) is 0 Å². The van der Waals surface area contributed by atoms with Gasteiger partial charge < -0.3 is 21.9 Å². The van der Waals surface area contributed by atoms with Crippen molar-refractivity contribution < 1.29 is 9.53 Å². The Morgan fingerprint density at radius 2 is 1.60 bits per heavy atom. The maximum absolute atomic E-state index is 11.9. The largest absolute Gasteiger partial charge is 0.462 e. The summed E-state index contributed by atoms with van der Waals surface area (Å²) in [6.45, 7) is 0.299. The van der Waals surface area contributed by atoms with E-state index in [-0.39, 0.29) is 17.1 Å². The first kappa shape index (κ1) is 13.7. The predicted octanol–water partition coefficient (Wildman–Crippen LogP) is 1.83. The van der Waals surface area contributed by atoms with Crippen molar-refractivity contribution in [3.8, 4) is 0 Å². The van der Waals surface area contributed by atoms with E-state index in [0.717, 1.165) is 5.56 Å². The van der Waals surface area contributed by atoms with Gasteiger partial charge in [0.05, 0.1) is 29.2 Å². The summed E-state index contributed by atoms with van der Waals surface area (Å²) in [5.41, 5.74) is 19.2. The van der Waals surface area contributed by atoms with Gasteiger partial charge in [-0.05, 0) is 17.7 Å². The first-order chi connectivity index (χ1) is 9.58. The number of ether oxygens (including phenoxy) is 1. The number of hydrogen-bond acceptors (Lipinski definition) is 5. The van der Waals surface area contributed by atoms with E-state index in [9.17, 15) is 4.79 Å². The van der Waals surface area contributed by atoms with Crippen LogP contribution < -0.4 is 17.2 Å². The minimum Gasteiger partial charge on any atom is -0.462 e. The Bertz CT molecular complexity index is 589. The first-order valence-electron chi connectivity index (χ1n) is 6.23. The zero-order valence-electron chi connectivity index (χ0n) is 11.0. The molecule has 6 N–H and O–H groups in total. The normalized spacial score (nSPS) is 10.2. The molecule has 2 aromatic rings. The lowest BCUT2D eigenvalue weighted by Gasteiger charge is -2.09. The number of rotatable bonds is 4. The number of hydrogen-bond donors (Lipinski definition) is 3. The molecule has 0 spiro atoms. The van der Waals surface area contributed by atoms with Crippen molar-refractivity contribution in [3.63, 3.8) is 0 Å². The van der Waals surface area contributed by atoms with Gasteiger partial charge in [0.1, 0.15) is 0 Å². The van der Waals surface area contributed by atoms with E-state index in [4.69, 9.17) is 21.9 Å². The molecule has 2 aromatic carbocycles. The van der Waals surface area contributed by atoms with E-state index < -0.39 is 5.97 Å². The molecule has 0 saturated heterocycles. The molecule has 0 saturated carbocycles. The van der Waals surface area contributed by atoms with E-state index in [1.807, 2.05) is 30.3 Å². The molecule has 0 unspecified atom stereocenters. The number of nitrogen functional groups attached to an aromatic ring is 3. The Labute approximate surface area is 117 Å². The minimum atomic E-state index is -0.459. The molecule has 0 aliphatic carbocycles. The zero-order chi connectivity index (χ0) is 14.5. The van der Waals surface area contributed by atoms with Crippen LogP contribution in [0.25, 0.3) is 0 Å². The molecule has 5 heteroatoms. The highest BCUT2D eigenvalue weighted by molar-refractivity contribution is 5.94. The maximum atomic E-state index is 11.9. The average molecular weight is 271 g/mol. The standard InChI is InChI=1S/C15H17N3O2/c16-12-8-11(9-13(17)14(12)18)15(19)20-7-6-10-4-2-1-3-5-10/h1-5,8-9H,6-7,16-18H2. The average Bonchev–Trinajstić information content (AvgIpc) is 2.45. The second-order valence-corrected chi connectivity index (χ2v) is 4.44. The van der Waals surface area contributed by atoms with Crippen LogP contribution in [0.5, 0.6) is 0 Å². The molecule has 0 atom stereocenters. The van der Waals surface area contributed by atoms with E-state index in [1.165, 1.54) is 12.1 Å². The second kappa shape index (κ2) is 5.97. The minimum absolute atomic E-state index is 0.278. The summed E-state index contributed by atoms with van der Waals surface area (Å²) in [4.78, 5) is 11.9. The molecule has 20 heavy (non-hydrogen) atoms. The number of nitrogens with two attached hydrogens (primary N) is 3. The maximum Gasteiger partial charge on any atom is 0.338 e. The Hall–Kier alpha value is -2.69. The van der Waals surface area contributed by atoms with E-state index >= 15 is 0 Å². The summed E-state index contributed by atoms with van der Waals surface area (Å²) in [6, 6.07) is 12.7. The molecule has 0 fully saturated rings. The van der Waals surface area contributed by atoms with Gasteiger partial charge in [-0.2, -0.15) is 0 Å². The van der Waals surface area contributed by atoms with Gasteiger partial charge in [-0.1, -0.05) is 30.3 Å². The third-order valence-corrected chi connectivity index (χ3v) is 2.95. The third kappa shape index (κ3) is 3.20. The fourth-order valence-corrected chi connectivity index (χ4v) is 1.81. The Morgan fingerprint density at radius 1 is 1.00 bits per heavy atom. The van der Waals surface area contributed by atoms with E-state index in [0.29, 0.717) is 18.6 Å². The summed E-state index contributed by atoms with van der Waals surface area (Å²) in [7, 11) is 0. The van der Waals surface area contributed by atoms with Crippen LogP contribution in [-0.4, -0.2) is 12.6 Å². The summed E-state index contributed by atoms with van der Waals surface area (Å²) in [5, 5.41) is 0. The SMILES string of the molecule is Nc1cc(C(=O)OCCc2ccccc2)cc(N)c1N. The highest BCUT2D eigenvalue weighted by Gasteiger charge is 2.11. The molecule has 0 heterocycles. The molecule has 104 valence electrons. The first-order valence-corrected chi connectivity index (χ1v) is 6.23. The molecule has 0 aromatic heterocycles. The lowest BCUT2D eigenvalue weighted by molar-refractivity contribution is 0.0509. The highest BCUT2D eigenvalue weighted by atomic mass is 16.5. The smallest absolute Gasteiger partial charge is 0.338 e. The third-order valence-electron chi connectivity index (χ3n) is 2.95. The molecule has 5 nitrogen and oxygen atoms in total. The van der Waals surface area contributed by atoms with E-state index in [1.54, 1.807) is 0 Å². The van der Waals surface area contributed by atoms with Crippen molar-refractivity contribution in [2.24, 2.45) is 0 Å². The quantitative estimate of drug-likeness (QED) is 0.581. The molecular formula is C15H17N3O2. The Balaban J connectivity index is 1.95. The lowest BCUT2D eigenvalue weighted by atomic mass is 10.1. The van der Waals surface area contributed by atoms with Crippen LogP contribution in [-0.2, 0) is 11.2 Å². The summed E-state index contributed by atoms with van der Waals surface area (Å²) < 4.78 is 5.19. The second-order valence-electron chi connectivity index (χ2n) is 4.44. The number of benzene rings is 2. The fourth-order valence-electron chi connectivity index (χ4n) is 1.81. The summed E-state index contributed by atoms with van der Waals surface area (Å²) in [6.07, 6.45) is 0.659. The molecule has 2 rings (SSSR count). The van der Waals surface area contributed by atoms with Crippen LogP contribution in [0.4, 0.5) is 17.1 Å². The van der Waals surface area contributed by atoms with Crippen molar-refractivity contribution in [2.45, 2.75) is 6.42 Å². The van der Waals surface area contributed by atoms with Gasteiger partial charge >= 0.3 is 5.97 Å². The fraction of sp³-hybridized carbons (Fsp3) is 0.133. The Kier molecular flexibility index (Phi) is 4.10. The number of anilines is 3. The van der Waals surface area contributed by atoms with Gasteiger partial charge in [-0.3, -0.25) is 0 Å². The molecule has 0 radical (unpaired) electrons. The number of esters is 1. The van der Waals surface area contributed by atoms with Crippen molar-refractivity contribution in [1.82, 2.24) is 0 Å². The van der Waals surface area contributed by atoms with Crippen LogP contribution in [0.15, 0.2) is 42.5 Å². The molecule has 0 bridgehead atoms. The van der Waals surface area contributed by atoms with Crippen molar-refractivity contribution >= 4 is 23.0 Å². The lowest BCUT2D eigenvalue weighted by Crippen LogP contribution is -2.10. The number of carbonyl (C=O) groups is 1. The highest BCUT2D eigenvalue weighted by Crippen LogP contribution is 2.24. The Morgan fingerprint density at radius 3 is 2.20 bits per heavy atom. The monoisotopic (exact) mass is 271 g/mol. The zero-order valence-corrected chi connectivity index (χ0v) is 11.0. The molecule has 0 amide bonds. The molecular weight excluding hydrogens is 254 g/mol. The van der Waals surface area contributed by atoms with Gasteiger partial charge in [-0.25, -0.2) is 4.79 Å². The van der Waals surface area contributed by atoms with Crippen molar-refractivity contribution in [1.29, 1.82) is 0 Å². The van der Waals surface area contributed by atoms with Gasteiger partial charge in [0.15, 0.2) is 0 Å². The topological polar surface area (TPSA) is 104 Å². The number of carbonyl (C=O) groups excluding carboxylic acids is 1. The van der Waals surface area contributed by atoms with E-state index in [2.05, 4.69) is 0 Å². The molecule has 0 aliphatic heterocycles. The van der Waals surface area contributed by atoms with Crippen LogP contribution in [0.3, 0.4) is 0 Å². The molecule has 0 aliphatic rings. The summed E-state index contributed by atoms with van der Waals surface area (Å²) >= 11 is 0. The van der Waals surface area contributed by atoms with Crippen LogP contribution >= 0.6 is 0 Å². The van der Waals surface area contributed by atoms with Gasteiger partial charge in [0, 0.05) is 6.42 Å². The van der Waals surface area contributed by atoms with Crippen LogP contribution in [0.1, 0.15) is 15.9 Å². The van der Waals surface area contributed by atoms with Gasteiger partial charge in [-0.15, -0.1) is 0 Å². The van der Waals surface area contributed by atoms with Crippen molar-refractivity contribution in [3.05, 3.63) is 53.6 Å². The predicted molar refractivity (Wildman–Crippen MR) is 80.1 cm³/mol. The van der Waals surface area contributed by atoms with Crippen LogP contribution in [0, 0.1) is 0 Å². The summed E-state index contributed by atoms with van der Waals surface area (Å²) in [5.74, 6) is -0.459. The van der Waals surface area contributed by atoms with Crippen LogP contribution in [0.2, 0.25) is 0 Å². The van der Waals surface area contributed by atoms with Gasteiger partial charge in [0.2, 0.25) is 0 Å². The van der Waals surface area contributed by atoms with Crippen molar-refractivity contribution in [2.75, 3.05) is 23.8 Å².